The van der Waals surface area contributed by atoms with Gasteiger partial charge in [0.25, 0.3) is 17.4 Å². The minimum atomic E-state index is -2.05. The number of benzene rings is 2. The molecule has 518 valence electrons. The molecule has 4 aromatic rings. The molecule has 97 heavy (non-hydrogen) atoms. The maximum atomic E-state index is 14.1. The predicted molar refractivity (Wildman–Crippen MR) is 332 cm³/mol. The van der Waals surface area contributed by atoms with E-state index in [-0.39, 0.29) is 76.3 Å². The molecule has 1 aliphatic carbocycles. The van der Waals surface area contributed by atoms with E-state index in [0.717, 1.165) is 22.6 Å². The van der Waals surface area contributed by atoms with E-state index in [1.54, 1.807) is 49.4 Å². The fourth-order valence-corrected chi connectivity index (χ4v) is 12.5. The SMILES string of the molecule is CC[C@@]1(O)C(=O)OCc2c1cc1n(c2=O)Cc2c-1nc1cc3c(c4c1c2[C@@H](NC(=O)COCNC(=O)CNC(=O)[C@H](Cc1ccccc1)NC(=O)CNC(=O)CNC(=O)C(CCC(=O)NC[C@@H]1O[C@H](CO)[C@@H](O)[C@H](O)[C@H]1O)NC(=O)CCCCCN1C(=O)C=CC1=O)CC4)OCO3. The lowest BCUT2D eigenvalue weighted by atomic mass is 9.82. The van der Waals surface area contributed by atoms with Gasteiger partial charge in [-0.15, -0.1) is 0 Å². The van der Waals surface area contributed by atoms with E-state index in [2.05, 4.69) is 42.5 Å². The van der Waals surface area contributed by atoms with Crippen LogP contribution in [0.3, 0.4) is 0 Å². The molecule has 10 amide bonds. The Kier molecular flexibility index (Phi) is 22.4. The number of aromatic nitrogens is 2. The fourth-order valence-electron chi connectivity index (χ4n) is 12.5. The second kappa shape index (κ2) is 31.0. The smallest absolute Gasteiger partial charge is 0.343 e. The van der Waals surface area contributed by atoms with Crippen molar-refractivity contribution in [3.05, 3.63) is 98.4 Å². The van der Waals surface area contributed by atoms with Crippen LogP contribution in [0.15, 0.2) is 59.4 Å². The zero-order valence-corrected chi connectivity index (χ0v) is 52.7. The number of rotatable bonds is 30. The number of aliphatic hydroxyl groups excluding tert-OH is 4. The number of ether oxygens (including phenoxy) is 5. The lowest BCUT2D eigenvalue weighted by Gasteiger charge is -2.40. The standard InChI is InChI=1S/C64H75N11O22/c1-2-64(92)36-20-41-55-34(26-75(41)62(90)35(36)28-94-63(64)91)54-37(13-12-33-53(54)39(73-55)21-42-59(33)96-31-95-42)70-50(82)29-93-30-69-48(80)24-68-61(89)40(19-32-9-5-3-6-10-32)72-49(81)25-66-47(79)23-67-60(88)38(71-46(78)11-7-4-8-18-74-51(83)16-17-52(74)84)14-15-45(77)65-22-43-56(85)58(87)57(86)44(27-76)97-43/h3,5-6,9-10,16-17,20-21,37-38,40,43-44,56-58,76,85-87,92H,2,4,7-8,11-15,18-19,22-31H2,1H3,(H,65,77)(H,66,79)(H,67,88)(H,68,89)(H,69,80)(H,70,82)(H,71,78)(H,72,81)/t37-,38?,40-,43-,44+,56-,57+,58+,64-/m0/s1. The van der Waals surface area contributed by atoms with Crippen molar-refractivity contribution in [2.75, 3.05) is 59.5 Å². The van der Waals surface area contributed by atoms with Crippen LogP contribution in [0, 0.1) is 0 Å². The number of unbranched alkanes of at least 4 members (excludes halogenated alkanes) is 2. The van der Waals surface area contributed by atoms with E-state index in [0.29, 0.717) is 76.2 Å². The number of hydrogen-bond donors (Lipinski definition) is 13. The summed E-state index contributed by atoms with van der Waals surface area (Å²) in [5.41, 5.74) is 1.83. The summed E-state index contributed by atoms with van der Waals surface area (Å²) in [6.07, 6.45) is -4.08. The van der Waals surface area contributed by atoms with Crippen molar-refractivity contribution in [1.82, 2.24) is 57.0 Å². The third kappa shape index (κ3) is 15.9. The van der Waals surface area contributed by atoms with Crippen molar-refractivity contribution in [2.45, 2.75) is 139 Å². The number of pyridine rings is 2. The van der Waals surface area contributed by atoms with Gasteiger partial charge < -0.3 is 96.3 Å². The number of fused-ring (bicyclic) bond motifs is 7. The van der Waals surface area contributed by atoms with Crippen LogP contribution in [0.4, 0.5) is 0 Å². The van der Waals surface area contributed by atoms with Gasteiger partial charge in [-0.3, -0.25) is 57.6 Å². The summed E-state index contributed by atoms with van der Waals surface area (Å²) in [5.74, 6) is -6.72. The second-order valence-corrected chi connectivity index (χ2v) is 24.0. The molecule has 9 atom stereocenters. The van der Waals surface area contributed by atoms with Crippen LogP contribution in [-0.2, 0) is 98.5 Å². The van der Waals surface area contributed by atoms with Gasteiger partial charge in [0.05, 0.1) is 61.3 Å². The van der Waals surface area contributed by atoms with Gasteiger partial charge in [0.1, 0.15) is 62.5 Å². The molecule has 0 saturated carbocycles. The highest BCUT2D eigenvalue weighted by Gasteiger charge is 2.47. The Morgan fingerprint density at radius 3 is 2.16 bits per heavy atom. The van der Waals surface area contributed by atoms with Crippen LogP contribution in [0.5, 0.6) is 11.5 Å². The number of cyclic esters (lactones) is 1. The summed E-state index contributed by atoms with van der Waals surface area (Å²) in [7, 11) is 0. The number of hydrogen-bond acceptors (Lipinski definition) is 23. The molecule has 13 N–H and O–H groups in total. The lowest BCUT2D eigenvalue weighted by Crippen LogP contribution is -2.60. The van der Waals surface area contributed by atoms with Gasteiger partial charge in [0.2, 0.25) is 54.1 Å². The van der Waals surface area contributed by atoms with Gasteiger partial charge >= 0.3 is 5.97 Å². The van der Waals surface area contributed by atoms with Crippen molar-refractivity contribution in [3.8, 4) is 22.9 Å². The van der Waals surface area contributed by atoms with Crippen molar-refractivity contribution < 1.29 is 102 Å². The number of imide groups is 1. The first-order valence-corrected chi connectivity index (χ1v) is 31.7. The monoisotopic (exact) mass is 1350 g/mol. The molecular formula is C64H75N11O22. The van der Waals surface area contributed by atoms with Gasteiger partial charge in [-0.05, 0) is 55.7 Å². The molecule has 1 fully saturated rings. The summed E-state index contributed by atoms with van der Waals surface area (Å²) in [5, 5.41) is 72.5. The molecular weight excluding hydrogens is 1270 g/mol. The van der Waals surface area contributed by atoms with Gasteiger partial charge in [-0.25, -0.2) is 9.78 Å². The Morgan fingerprint density at radius 1 is 0.732 bits per heavy atom. The third-order valence-corrected chi connectivity index (χ3v) is 17.6. The first-order chi connectivity index (χ1) is 46.6. The molecule has 0 spiro atoms. The van der Waals surface area contributed by atoms with Crippen LogP contribution < -0.4 is 57.6 Å². The van der Waals surface area contributed by atoms with E-state index in [1.807, 2.05) is 0 Å². The van der Waals surface area contributed by atoms with E-state index in [1.165, 1.54) is 4.57 Å². The summed E-state index contributed by atoms with van der Waals surface area (Å²) >= 11 is 0. The number of carbonyl (C=O) groups excluding carboxylic acids is 11. The molecule has 2 aromatic carbocycles. The maximum absolute atomic E-state index is 14.1. The van der Waals surface area contributed by atoms with E-state index in [4.69, 9.17) is 28.7 Å². The molecule has 7 heterocycles. The number of aliphatic hydroxyl groups is 5. The zero-order chi connectivity index (χ0) is 69.2. The first-order valence-electron chi connectivity index (χ1n) is 31.7. The minimum absolute atomic E-state index is 0.00706. The molecule has 33 nitrogen and oxygen atoms in total. The molecule has 6 aliphatic rings. The van der Waals surface area contributed by atoms with Gasteiger partial charge in [-0.1, -0.05) is 43.7 Å². The topological polar surface area (TPSA) is 469 Å². The number of carbonyl (C=O) groups is 11. The lowest BCUT2D eigenvalue weighted by molar-refractivity contribution is -0.227. The third-order valence-electron chi connectivity index (χ3n) is 17.6. The Morgan fingerprint density at radius 2 is 1.43 bits per heavy atom. The molecule has 0 bridgehead atoms. The minimum Gasteiger partial charge on any atom is -0.458 e. The average Bonchev–Trinajstić information content (AvgIpc) is 1.65. The molecule has 10 rings (SSSR count). The van der Waals surface area contributed by atoms with E-state index in [9.17, 15) is 83.1 Å². The number of nitrogens with one attached hydrogen (secondary N) is 8. The first kappa shape index (κ1) is 70.0. The van der Waals surface area contributed by atoms with Crippen LogP contribution in [-0.4, -0.2) is 207 Å². The Hall–Kier alpha value is -9.77. The summed E-state index contributed by atoms with van der Waals surface area (Å²) in [6, 6.07) is 8.56. The Bertz CT molecular complexity index is 3840. The quantitative estimate of drug-likeness (QED) is 0.00897. The molecule has 1 unspecified atom stereocenters. The number of aryl methyl sites for hydroxylation is 1. The van der Waals surface area contributed by atoms with Crippen molar-refractivity contribution in [2.24, 2.45) is 0 Å². The van der Waals surface area contributed by atoms with Crippen LogP contribution >= 0.6 is 0 Å². The second-order valence-electron chi connectivity index (χ2n) is 24.0. The number of amides is 10. The van der Waals surface area contributed by atoms with Gasteiger partial charge in [0, 0.05) is 72.6 Å². The van der Waals surface area contributed by atoms with E-state index >= 15 is 0 Å². The highest BCUT2D eigenvalue weighted by Crippen LogP contribution is 2.50. The molecule has 2 aromatic heterocycles. The van der Waals surface area contributed by atoms with Crippen LogP contribution in [0.25, 0.3) is 22.3 Å². The maximum Gasteiger partial charge on any atom is 0.343 e. The summed E-state index contributed by atoms with van der Waals surface area (Å²) in [6.45, 7) is -2.59. The van der Waals surface area contributed by atoms with Crippen molar-refractivity contribution in [1.29, 1.82) is 0 Å². The normalized spacial score (nSPS) is 21.5. The van der Waals surface area contributed by atoms with Crippen molar-refractivity contribution in [3.63, 3.8) is 0 Å². The fraction of sp³-hybridized carbons (Fsp3) is 0.484. The van der Waals surface area contributed by atoms with Gasteiger partial charge in [0.15, 0.2) is 17.1 Å². The molecule has 5 aliphatic heterocycles. The largest absolute Gasteiger partial charge is 0.458 e. The van der Waals surface area contributed by atoms with Crippen molar-refractivity contribution >= 4 is 75.9 Å². The number of esters is 1. The molecule has 0 radical (unpaired) electrons. The van der Waals surface area contributed by atoms with Crippen LogP contribution in [0.1, 0.15) is 97.7 Å². The van der Waals surface area contributed by atoms with Crippen LogP contribution in [0.2, 0.25) is 0 Å². The van der Waals surface area contributed by atoms with E-state index < -0.39 is 171 Å². The Balaban J connectivity index is 0.689. The summed E-state index contributed by atoms with van der Waals surface area (Å²) in [4.78, 5) is 163. The molecule has 1 saturated heterocycles. The molecule has 33 heteroatoms. The Labute approximate surface area is 552 Å². The highest BCUT2D eigenvalue weighted by molar-refractivity contribution is 6.13. The zero-order valence-electron chi connectivity index (χ0n) is 52.7. The average molecular weight is 1350 g/mol. The predicted octanol–water partition coefficient (Wildman–Crippen LogP) is -4.21. The van der Waals surface area contributed by atoms with Gasteiger partial charge in [-0.2, -0.15) is 0 Å². The summed E-state index contributed by atoms with van der Waals surface area (Å²) < 4.78 is 29.4. The number of nitrogens with zero attached hydrogens (tertiary/aromatic N) is 3. The highest BCUT2D eigenvalue weighted by atomic mass is 16.7.